The Labute approximate surface area is 109 Å². The van der Waals surface area contributed by atoms with E-state index in [0.717, 1.165) is 11.4 Å². The third-order valence-corrected chi connectivity index (χ3v) is 3.69. The van der Waals surface area contributed by atoms with Gasteiger partial charge in [0.25, 0.3) is 0 Å². The Hall–Kier alpha value is -0.830. The van der Waals surface area contributed by atoms with Crippen molar-refractivity contribution in [2.75, 3.05) is 5.32 Å². The number of aromatic nitrogens is 2. The molecule has 17 heavy (non-hydrogen) atoms. The Morgan fingerprint density at radius 2 is 1.76 bits per heavy atom. The lowest BCUT2D eigenvalue weighted by Gasteiger charge is -2.24. The van der Waals surface area contributed by atoms with E-state index in [1.54, 1.807) is 0 Å². The largest absolute Gasteiger partial charge is 0.367 e. The minimum absolute atomic E-state index is 0.397. The molecule has 4 heteroatoms. The van der Waals surface area contributed by atoms with E-state index >= 15 is 0 Å². The molecule has 0 amide bonds. The number of aryl methyl sites for hydroxylation is 1. The van der Waals surface area contributed by atoms with Crippen molar-refractivity contribution in [3.05, 3.63) is 16.5 Å². The van der Waals surface area contributed by atoms with Crippen LogP contribution in [0.15, 0.2) is 0 Å². The average Bonchev–Trinajstić information content (AvgIpc) is 2.27. The minimum Gasteiger partial charge on any atom is -0.367 e. The highest BCUT2D eigenvalue weighted by atomic mass is 35.5. The maximum atomic E-state index is 6.06. The molecule has 3 nitrogen and oxygen atoms in total. The van der Waals surface area contributed by atoms with Crippen molar-refractivity contribution in [3.63, 3.8) is 0 Å². The van der Waals surface area contributed by atoms with Gasteiger partial charge in [-0.2, -0.15) is 0 Å². The van der Waals surface area contributed by atoms with Gasteiger partial charge in [-0.25, -0.2) is 9.97 Å². The average molecular weight is 256 g/mol. The van der Waals surface area contributed by atoms with Crippen LogP contribution >= 0.6 is 11.6 Å². The molecule has 0 aliphatic heterocycles. The predicted octanol–water partition coefficient (Wildman–Crippen LogP) is 3.98. The number of anilines is 1. The van der Waals surface area contributed by atoms with E-state index in [0.29, 0.717) is 22.9 Å². The number of halogens is 1. The summed E-state index contributed by atoms with van der Waals surface area (Å²) in [5.74, 6) is 2.23. The van der Waals surface area contributed by atoms with Gasteiger partial charge >= 0.3 is 0 Å². The van der Waals surface area contributed by atoms with Crippen molar-refractivity contribution >= 4 is 17.4 Å². The lowest BCUT2D eigenvalue weighted by atomic mass is 9.95. The summed E-state index contributed by atoms with van der Waals surface area (Å²) >= 11 is 6.06. The van der Waals surface area contributed by atoms with E-state index in [-0.39, 0.29) is 0 Å². The molecule has 0 spiro atoms. The van der Waals surface area contributed by atoms with Crippen LogP contribution in [0, 0.1) is 19.8 Å². The number of nitrogens with zero attached hydrogens (tertiary/aromatic N) is 2. The van der Waals surface area contributed by atoms with Crippen LogP contribution in [0.4, 0.5) is 5.82 Å². The van der Waals surface area contributed by atoms with Crippen LogP contribution in [0.25, 0.3) is 0 Å². The predicted molar refractivity (Wildman–Crippen MR) is 73.7 cm³/mol. The quantitative estimate of drug-likeness (QED) is 0.809. The molecule has 1 aromatic rings. The maximum Gasteiger partial charge on any atom is 0.137 e. The number of hydrogen-bond acceptors (Lipinski definition) is 3. The SMILES string of the molecule is CCC(CC)C(C)Nc1nc(C)nc(Cl)c1C. The molecule has 1 unspecified atom stereocenters. The minimum atomic E-state index is 0.397. The monoisotopic (exact) mass is 255 g/mol. The summed E-state index contributed by atoms with van der Waals surface area (Å²) in [7, 11) is 0. The first kappa shape index (κ1) is 14.2. The van der Waals surface area contributed by atoms with E-state index in [1.165, 1.54) is 12.8 Å². The maximum absolute atomic E-state index is 6.06. The van der Waals surface area contributed by atoms with E-state index < -0.39 is 0 Å². The Morgan fingerprint density at radius 1 is 1.18 bits per heavy atom. The number of nitrogens with one attached hydrogen (secondary N) is 1. The highest BCUT2D eigenvalue weighted by molar-refractivity contribution is 6.30. The Balaban J connectivity index is 2.87. The summed E-state index contributed by atoms with van der Waals surface area (Å²) in [5, 5.41) is 4.00. The lowest BCUT2D eigenvalue weighted by molar-refractivity contribution is 0.437. The van der Waals surface area contributed by atoms with E-state index in [9.17, 15) is 0 Å². The fourth-order valence-corrected chi connectivity index (χ4v) is 2.28. The van der Waals surface area contributed by atoms with E-state index in [4.69, 9.17) is 11.6 Å². The first-order valence-electron chi connectivity index (χ1n) is 6.26. The molecule has 0 fully saturated rings. The fourth-order valence-electron chi connectivity index (χ4n) is 2.06. The molecular formula is C13H22ClN3. The highest BCUT2D eigenvalue weighted by Crippen LogP contribution is 2.23. The van der Waals surface area contributed by atoms with Crippen molar-refractivity contribution in [2.45, 2.75) is 53.5 Å². The molecule has 1 aromatic heterocycles. The number of hydrogen-bond donors (Lipinski definition) is 1. The van der Waals surface area contributed by atoms with Crippen molar-refractivity contribution in [2.24, 2.45) is 5.92 Å². The summed E-state index contributed by atoms with van der Waals surface area (Å²) in [6.45, 7) is 10.4. The highest BCUT2D eigenvalue weighted by Gasteiger charge is 2.16. The molecule has 0 aliphatic rings. The summed E-state index contributed by atoms with van der Waals surface area (Å²) < 4.78 is 0. The topological polar surface area (TPSA) is 37.8 Å². The van der Waals surface area contributed by atoms with Crippen LogP contribution in [0.2, 0.25) is 5.15 Å². The third-order valence-electron chi connectivity index (χ3n) is 3.32. The van der Waals surface area contributed by atoms with Gasteiger partial charge in [0, 0.05) is 11.6 Å². The first-order valence-corrected chi connectivity index (χ1v) is 6.64. The molecule has 0 saturated carbocycles. The van der Waals surface area contributed by atoms with Crippen molar-refractivity contribution < 1.29 is 0 Å². The van der Waals surface area contributed by atoms with Gasteiger partial charge in [-0.15, -0.1) is 0 Å². The van der Waals surface area contributed by atoms with Crippen molar-refractivity contribution in [3.8, 4) is 0 Å². The van der Waals surface area contributed by atoms with Crippen LogP contribution in [-0.4, -0.2) is 16.0 Å². The van der Waals surface area contributed by atoms with Gasteiger partial charge in [-0.3, -0.25) is 0 Å². The van der Waals surface area contributed by atoms with Crippen LogP contribution < -0.4 is 5.32 Å². The second-order valence-corrected chi connectivity index (χ2v) is 4.90. The van der Waals surface area contributed by atoms with Crippen molar-refractivity contribution in [1.29, 1.82) is 0 Å². The molecule has 0 aromatic carbocycles. The Bertz CT molecular complexity index is 375. The fraction of sp³-hybridized carbons (Fsp3) is 0.692. The summed E-state index contributed by atoms with van der Waals surface area (Å²) in [4.78, 5) is 8.56. The molecule has 0 saturated heterocycles. The zero-order valence-electron chi connectivity index (χ0n) is 11.3. The second-order valence-electron chi connectivity index (χ2n) is 4.54. The molecule has 0 aliphatic carbocycles. The Morgan fingerprint density at radius 3 is 2.29 bits per heavy atom. The van der Waals surface area contributed by atoms with Crippen LogP contribution in [0.3, 0.4) is 0 Å². The zero-order chi connectivity index (χ0) is 13.0. The third kappa shape index (κ3) is 3.56. The number of rotatable bonds is 5. The van der Waals surface area contributed by atoms with Gasteiger partial charge < -0.3 is 5.32 Å². The summed E-state index contributed by atoms with van der Waals surface area (Å²) in [5.41, 5.74) is 0.926. The molecule has 1 N–H and O–H groups in total. The van der Waals surface area contributed by atoms with E-state index in [1.807, 2.05) is 13.8 Å². The zero-order valence-corrected chi connectivity index (χ0v) is 12.1. The molecule has 1 atom stereocenters. The normalized spacial score (nSPS) is 12.9. The molecular weight excluding hydrogens is 234 g/mol. The van der Waals surface area contributed by atoms with Gasteiger partial charge in [0.1, 0.15) is 16.8 Å². The molecule has 0 radical (unpaired) electrons. The molecule has 1 rings (SSSR count). The summed E-state index contributed by atoms with van der Waals surface area (Å²) in [6, 6.07) is 0.397. The van der Waals surface area contributed by atoms with Gasteiger partial charge in [0.2, 0.25) is 0 Å². The Kier molecular flexibility index (Phi) is 5.19. The van der Waals surface area contributed by atoms with Gasteiger partial charge in [-0.05, 0) is 26.7 Å². The first-order chi connectivity index (χ1) is 7.99. The van der Waals surface area contributed by atoms with Crippen molar-refractivity contribution in [1.82, 2.24) is 9.97 Å². The molecule has 1 heterocycles. The summed E-state index contributed by atoms with van der Waals surface area (Å²) in [6.07, 6.45) is 2.34. The van der Waals surface area contributed by atoms with Crippen LogP contribution in [0.5, 0.6) is 0 Å². The van der Waals surface area contributed by atoms with Crippen LogP contribution in [-0.2, 0) is 0 Å². The van der Waals surface area contributed by atoms with Gasteiger partial charge in [-0.1, -0.05) is 38.3 Å². The lowest BCUT2D eigenvalue weighted by Crippen LogP contribution is -2.26. The molecule has 0 bridgehead atoms. The smallest absolute Gasteiger partial charge is 0.137 e. The molecule has 96 valence electrons. The van der Waals surface area contributed by atoms with Gasteiger partial charge in [0.05, 0.1) is 0 Å². The van der Waals surface area contributed by atoms with Gasteiger partial charge in [0.15, 0.2) is 0 Å². The standard InChI is InChI=1S/C13H22ClN3/c1-6-11(7-2)9(4)15-13-8(3)12(14)16-10(5)17-13/h9,11H,6-7H2,1-5H3,(H,15,16,17). The van der Waals surface area contributed by atoms with E-state index in [2.05, 4.69) is 36.1 Å². The second kappa shape index (κ2) is 6.20. The van der Waals surface area contributed by atoms with Crippen LogP contribution in [0.1, 0.15) is 45.0 Å².